The predicted octanol–water partition coefficient (Wildman–Crippen LogP) is -1.77. The highest BCUT2D eigenvalue weighted by atomic mass is 31.2. The number of ether oxygens (including phenoxy) is 2. The average molecular weight is 352 g/mol. The van der Waals surface area contributed by atoms with Crippen LogP contribution in [-0.2, 0) is 18.6 Å². The molecule has 1 fully saturated rings. The zero-order valence-corrected chi connectivity index (χ0v) is 13.2. The fourth-order valence-electron chi connectivity index (χ4n) is 1.99. The average Bonchev–Trinajstić information content (AvgIpc) is 2.77. The largest absolute Gasteiger partial charge is 0.385 e. The van der Waals surface area contributed by atoms with E-state index >= 15 is 0 Å². The Morgan fingerprint density at radius 1 is 1.39 bits per heavy atom. The highest BCUT2D eigenvalue weighted by Gasteiger charge is 2.45. The lowest BCUT2D eigenvalue weighted by atomic mass is 10.2. The number of aliphatic hydroxyl groups is 2. The molecule has 1 saturated heterocycles. The van der Waals surface area contributed by atoms with Crippen molar-refractivity contribution < 1.29 is 33.7 Å². The number of aryl methyl sites for hydroxylation is 1. The lowest BCUT2D eigenvalue weighted by molar-refractivity contribution is -0.169. The van der Waals surface area contributed by atoms with Crippen molar-refractivity contribution in [2.75, 3.05) is 13.5 Å². The summed E-state index contributed by atoms with van der Waals surface area (Å²) in [7, 11) is -2.99. The van der Waals surface area contributed by atoms with Gasteiger partial charge in [0.15, 0.2) is 18.9 Å². The molecule has 5 atom stereocenters. The molecular weight excluding hydrogens is 335 g/mol. The summed E-state index contributed by atoms with van der Waals surface area (Å²) in [5.74, 6) is 0. The number of hydrogen-bond donors (Lipinski definition) is 4. The third kappa shape index (κ3) is 3.78. The first kappa shape index (κ1) is 18.0. The highest BCUT2D eigenvalue weighted by molar-refractivity contribution is 7.52. The Labute approximate surface area is 129 Å². The molecule has 0 aromatic carbocycles. The molecule has 0 aliphatic carbocycles. The molecule has 2 unspecified atom stereocenters. The lowest BCUT2D eigenvalue weighted by Gasteiger charge is -2.17. The number of hydrogen-bond acceptors (Lipinski definition) is 8. The Balaban J connectivity index is 2.20. The van der Waals surface area contributed by atoms with Crippen LogP contribution in [0.5, 0.6) is 0 Å². The topological polar surface area (TPSA) is 160 Å². The van der Waals surface area contributed by atoms with Gasteiger partial charge in [-0.2, -0.15) is 0 Å². The van der Waals surface area contributed by atoms with Gasteiger partial charge in [0.05, 0.1) is 0 Å². The Morgan fingerprint density at radius 2 is 2.04 bits per heavy atom. The molecule has 2 rings (SSSR count). The van der Waals surface area contributed by atoms with E-state index in [0.29, 0.717) is 0 Å². The van der Waals surface area contributed by atoms with Gasteiger partial charge in [-0.3, -0.25) is 18.9 Å². The molecule has 4 N–H and O–H groups in total. The van der Waals surface area contributed by atoms with Gasteiger partial charge in [-0.1, -0.05) is 0 Å². The molecule has 0 spiro atoms. The number of aromatic nitrogens is 2. The van der Waals surface area contributed by atoms with Crippen LogP contribution in [0.2, 0.25) is 0 Å². The van der Waals surface area contributed by atoms with Gasteiger partial charge < -0.3 is 29.1 Å². The zero-order chi connectivity index (χ0) is 17.4. The molecule has 2 heterocycles. The van der Waals surface area contributed by atoms with Gasteiger partial charge in [-0.05, 0) is 6.92 Å². The van der Waals surface area contributed by atoms with Gasteiger partial charge in [0.1, 0.15) is 12.2 Å². The van der Waals surface area contributed by atoms with Gasteiger partial charge in [0.2, 0.25) is 0 Å². The minimum absolute atomic E-state index is 0.193. The predicted molar refractivity (Wildman–Crippen MR) is 74.8 cm³/mol. The molecule has 11 nitrogen and oxygen atoms in total. The third-order valence-electron chi connectivity index (χ3n) is 3.30. The molecule has 1 aromatic rings. The Kier molecular flexibility index (Phi) is 5.21. The Hall–Kier alpha value is -1.33. The van der Waals surface area contributed by atoms with Crippen molar-refractivity contribution in [1.29, 1.82) is 0 Å². The molecule has 1 aliphatic heterocycles. The molecule has 130 valence electrons. The molecule has 1 aromatic heterocycles. The SMILES string of the molecule is COP(=O)(O)COC1O[C@@H](n2cc(C)c(=O)[nH]c2=O)[C@H](O)[C@@H]1O. The standard InChI is InChI=1S/C11H17N2O9P/c1-5-3-13(11(17)12-8(5)16)9-6(14)7(15)10(22-9)21-4-23(18,19)20-2/h3,6-7,9-10,14-15H,4H2,1-2H3,(H,18,19)(H,12,16,17)/t6-,7+,9-,10?/m1/s1. The maximum absolute atomic E-state index is 11.8. The van der Waals surface area contributed by atoms with Crippen LogP contribution in [0.15, 0.2) is 15.8 Å². The minimum Gasteiger partial charge on any atom is -0.385 e. The second kappa shape index (κ2) is 6.65. The smallest absolute Gasteiger partial charge is 0.353 e. The van der Waals surface area contributed by atoms with Crippen molar-refractivity contribution in [3.8, 4) is 0 Å². The van der Waals surface area contributed by atoms with Crippen LogP contribution >= 0.6 is 7.60 Å². The molecule has 12 heteroatoms. The molecule has 0 bridgehead atoms. The number of rotatable bonds is 5. The summed E-state index contributed by atoms with van der Waals surface area (Å²) in [4.78, 5) is 34.4. The van der Waals surface area contributed by atoms with Crippen LogP contribution in [-0.4, -0.2) is 56.6 Å². The van der Waals surface area contributed by atoms with Crippen molar-refractivity contribution in [2.24, 2.45) is 0 Å². The second-order valence-corrected chi connectivity index (χ2v) is 6.87. The van der Waals surface area contributed by atoms with Crippen molar-refractivity contribution in [1.82, 2.24) is 9.55 Å². The van der Waals surface area contributed by atoms with Crippen molar-refractivity contribution in [2.45, 2.75) is 31.6 Å². The Morgan fingerprint density at radius 3 is 2.65 bits per heavy atom. The van der Waals surface area contributed by atoms with Gasteiger partial charge >= 0.3 is 13.3 Å². The fraction of sp³-hybridized carbons (Fsp3) is 0.636. The molecule has 23 heavy (non-hydrogen) atoms. The van der Waals surface area contributed by atoms with E-state index in [0.717, 1.165) is 17.9 Å². The molecule has 0 amide bonds. The minimum atomic E-state index is -4.00. The number of H-pyrrole nitrogens is 1. The van der Waals surface area contributed by atoms with Gasteiger partial charge in [0, 0.05) is 18.9 Å². The zero-order valence-electron chi connectivity index (χ0n) is 12.3. The fourth-order valence-corrected chi connectivity index (χ4v) is 2.43. The van der Waals surface area contributed by atoms with Crippen LogP contribution in [0, 0.1) is 6.92 Å². The number of nitrogens with one attached hydrogen (secondary N) is 1. The van der Waals surface area contributed by atoms with Crippen LogP contribution in [0.4, 0.5) is 0 Å². The molecular formula is C11H17N2O9P. The van der Waals surface area contributed by atoms with E-state index in [1.807, 2.05) is 4.98 Å². The van der Waals surface area contributed by atoms with Gasteiger partial charge in [-0.25, -0.2) is 4.79 Å². The van der Waals surface area contributed by atoms with Crippen molar-refractivity contribution >= 4 is 7.60 Å². The van der Waals surface area contributed by atoms with Crippen LogP contribution < -0.4 is 11.2 Å². The van der Waals surface area contributed by atoms with Crippen molar-refractivity contribution in [3.63, 3.8) is 0 Å². The van der Waals surface area contributed by atoms with E-state index in [-0.39, 0.29) is 5.56 Å². The summed E-state index contributed by atoms with van der Waals surface area (Å²) in [6, 6.07) is 0. The maximum atomic E-state index is 11.8. The number of nitrogens with zero attached hydrogens (tertiary/aromatic N) is 1. The van der Waals surface area contributed by atoms with Crippen LogP contribution in [0.3, 0.4) is 0 Å². The molecule has 1 aliphatic rings. The van der Waals surface area contributed by atoms with E-state index < -0.39 is 49.9 Å². The van der Waals surface area contributed by atoms with E-state index in [2.05, 4.69) is 4.52 Å². The van der Waals surface area contributed by atoms with Gasteiger partial charge in [-0.15, -0.1) is 0 Å². The first-order chi connectivity index (χ1) is 10.7. The van der Waals surface area contributed by atoms with E-state index in [4.69, 9.17) is 9.47 Å². The first-order valence-corrected chi connectivity index (χ1v) is 8.25. The third-order valence-corrected chi connectivity index (χ3v) is 4.35. The quantitative estimate of drug-likeness (QED) is 0.449. The lowest BCUT2D eigenvalue weighted by Crippen LogP contribution is -2.38. The highest BCUT2D eigenvalue weighted by Crippen LogP contribution is 2.42. The summed E-state index contributed by atoms with van der Waals surface area (Å²) in [6.07, 6.45) is -5.52. The number of aliphatic hydroxyl groups excluding tert-OH is 2. The second-order valence-electron chi connectivity index (χ2n) is 4.97. The molecule has 0 saturated carbocycles. The number of aromatic amines is 1. The van der Waals surface area contributed by atoms with E-state index in [9.17, 15) is 29.3 Å². The van der Waals surface area contributed by atoms with Crippen LogP contribution in [0.25, 0.3) is 0 Å². The van der Waals surface area contributed by atoms with E-state index in [1.165, 1.54) is 6.92 Å². The Bertz CT molecular complexity index is 729. The summed E-state index contributed by atoms with van der Waals surface area (Å²) in [6.45, 7) is 1.45. The summed E-state index contributed by atoms with van der Waals surface area (Å²) in [5, 5.41) is 19.9. The summed E-state index contributed by atoms with van der Waals surface area (Å²) >= 11 is 0. The van der Waals surface area contributed by atoms with Gasteiger partial charge in [0.25, 0.3) is 5.56 Å². The first-order valence-electron chi connectivity index (χ1n) is 6.49. The monoisotopic (exact) mass is 352 g/mol. The van der Waals surface area contributed by atoms with E-state index in [1.54, 1.807) is 0 Å². The maximum Gasteiger partial charge on any atom is 0.353 e. The summed E-state index contributed by atoms with van der Waals surface area (Å²) < 4.78 is 26.7. The van der Waals surface area contributed by atoms with Crippen molar-refractivity contribution in [3.05, 3.63) is 32.6 Å². The van der Waals surface area contributed by atoms with Crippen LogP contribution in [0.1, 0.15) is 11.8 Å². The summed E-state index contributed by atoms with van der Waals surface area (Å²) in [5.41, 5.74) is -1.24. The normalized spacial score (nSPS) is 30.3. The molecule has 0 radical (unpaired) electrons.